The summed E-state index contributed by atoms with van der Waals surface area (Å²) < 4.78 is 21.0. The number of benzene rings is 2. The van der Waals surface area contributed by atoms with Crippen LogP contribution in [0.1, 0.15) is 46.4 Å². The fraction of sp³-hybridized carbons (Fsp3) is 0.344. The largest absolute Gasteiger partial charge is 0.456 e. The maximum atomic E-state index is 12.3. The van der Waals surface area contributed by atoms with E-state index in [0.29, 0.717) is 16.6 Å². The monoisotopic (exact) mass is 584 g/mol. The predicted octanol–water partition coefficient (Wildman–Crippen LogP) is 3.15. The molecular formula is C32H36N4O5Si. The first-order valence-corrected chi connectivity index (χ1v) is 15.7. The molecule has 0 amide bonds. The Labute approximate surface area is 246 Å². The number of carbonyl (C=O) groups excluding carboxylic acids is 1. The Kier molecular flexibility index (Phi) is 7.72. The number of nitrogen functional groups attached to an aromatic ring is 1. The first-order valence-electron chi connectivity index (χ1n) is 13.8. The van der Waals surface area contributed by atoms with E-state index in [0.717, 1.165) is 10.4 Å². The number of rotatable bonds is 7. The molecule has 1 fully saturated rings. The number of ether oxygens (including phenoxy) is 2. The van der Waals surface area contributed by atoms with Gasteiger partial charge in [-0.3, -0.25) is 4.79 Å². The highest BCUT2D eigenvalue weighted by molar-refractivity contribution is 6.99. The lowest BCUT2D eigenvalue weighted by molar-refractivity contribution is -0.161. The average molecular weight is 585 g/mol. The number of hydrogen-bond donors (Lipinski definition) is 2. The Hall–Kier alpha value is -4.01. The van der Waals surface area contributed by atoms with Crippen molar-refractivity contribution < 1.29 is 23.8 Å². The maximum Gasteiger partial charge on any atom is 0.303 e. The van der Waals surface area contributed by atoms with Gasteiger partial charge in [0.15, 0.2) is 12.3 Å². The van der Waals surface area contributed by atoms with Crippen molar-refractivity contribution in [1.29, 1.82) is 0 Å². The van der Waals surface area contributed by atoms with Gasteiger partial charge >= 0.3 is 5.97 Å². The van der Waals surface area contributed by atoms with Crippen LogP contribution in [0.15, 0.2) is 73.2 Å². The Balaban J connectivity index is 1.59. The lowest BCUT2D eigenvalue weighted by atomic mass is 9.96. The zero-order chi connectivity index (χ0) is 30.3. The molecule has 0 bridgehead atoms. The highest BCUT2D eigenvalue weighted by Crippen LogP contribution is 2.44. The average Bonchev–Trinajstić information content (AvgIpc) is 3.44. The molecule has 1 saturated heterocycles. The second-order valence-electron chi connectivity index (χ2n) is 11.8. The number of nitrogens with zero attached hydrogens (tertiary/aromatic N) is 3. The highest BCUT2D eigenvalue weighted by atomic mass is 28.4. The highest BCUT2D eigenvalue weighted by Gasteiger charge is 2.58. The summed E-state index contributed by atoms with van der Waals surface area (Å²) in [5, 5.41) is 14.3. The standard InChI is InChI=1S/C32H36N4O5Si/c1-7-22-18-36(29-26(22)28(33)34-20-35-29)30-32(6,38)27(40-21(2)37)25(41-30)19-39-42(31(3,4)5,23-14-10-8-11-15-23)24-16-12-9-13-17-24/h1,8-18,20,25,27,30,38H,19H2,2-6H3,(H2,33,34,35). The number of fused-ring (bicyclic) bond motifs is 1. The molecule has 4 aromatic rings. The van der Waals surface area contributed by atoms with Gasteiger partial charge in [0.1, 0.15) is 29.5 Å². The third-order valence-corrected chi connectivity index (χ3v) is 12.9. The predicted molar refractivity (Wildman–Crippen MR) is 164 cm³/mol. The van der Waals surface area contributed by atoms with Crippen LogP contribution in [-0.4, -0.2) is 58.3 Å². The van der Waals surface area contributed by atoms with Crippen molar-refractivity contribution in [3.63, 3.8) is 0 Å². The van der Waals surface area contributed by atoms with E-state index in [1.807, 2.05) is 36.4 Å². The van der Waals surface area contributed by atoms with Crippen molar-refractivity contribution in [2.24, 2.45) is 0 Å². The number of aromatic nitrogens is 3. The molecule has 5 rings (SSSR count). The summed E-state index contributed by atoms with van der Waals surface area (Å²) in [5.74, 6) is 2.28. The molecule has 1 aliphatic rings. The van der Waals surface area contributed by atoms with E-state index >= 15 is 0 Å². The summed E-state index contributed by atoms with van der Waals surface area (Å²) in [6.07, 6.45) is 5.85. The van der Waals surface area contributed by atoms with Crippen LogP contribution in [-0.2, 0) is 18.7 Å². The molecule has 2 aromatic heterocycles. The normalized spacial score (nSPS) is 22.6. The fourth-order valence-corrected chi connectivity index (χ4v) is 10.7. The van der Waals surface area contributed by atoms with Gasteiger partial charge in [0.25, 0.3) is 8.32 Å². The summed E-state index contributed by atoms with van der Waals surface area (Å²) in [7, 11) is -2.96. The molecule has 218 valence electrons. The van der Waals surface area contributed by atoms with Crippen molar-refractivity contribution in [3.8, 4) is 12.3 Å². The molecule has 0 spiro atoms. The second kappa shape index (κ2) is 11.0. The minimum absolute atomic E-state index is 0.0518. The molecule has 0 radical (unpaired) electrons. The van der Waals surface area contributed by atoms with Crippen molar-refractivity contribution in [2.75, 3.05) is 12.3 Å². The lowest BCUT2D eigenvalue weighted by Crippen LogP contribution is -2.67. The molecule has 3 heterocycles. The van der Waals surface area contributed by atoms with E-state index in [1.165, 1.54) is 13.3 Å². The minimum Gasteiger partial charge on any atom is -0.456 e. The molecular weight excluding hydrogens is 548 g/mol. The van der Waals surface area contributed by atoms with Gasteiger partial charge in [0, 0.05) is 13.1 Å². The molecule has 10 heteroatoms. The van der Waals surface area contributed by atoms with E-state index in [4.69, 9.17) is 26.1 Å². The van der Waals surface area contributed by atoms with Crippen LogP contribution < -0.4 is 16.1 Å². The Morgan fingerprint density at radius 1 is 1.14 bits per heavy atom. The van der Waals surface area contributed by atoms with Gasteiger partial charge in [0.05, 0.1) is 17.6 Å². The summed E-state index contributed by atoms with van der Waals surface area (Å²) in [6.45, 7) is 9.45. The maximum absolute atomic E-state index is 12.3. The number of nitrogens with two attached hydrogens (primary N) is 1. The van der Waals surface area contributed by atoms with Gasteiger partial charge < -0.3 is 29.3 Å². The van der Waals surface area contributed by atoms with Crippen LogP contribution in [0.3, 0.4) is 0 Å². The molecule has 4 unspecified atom stereocenters. The molecule has 0 saturated carbocycles. The Bertz CT molecular complexity index is 1590. The Morgan fingerprint density at radius 2 is 1.74 bits per heavy atom. The number of carbonyl (C=O) groups is 1. The van der Waals surface area contributed by atoms with Gasteiger partial charge in [-0.25, -0.2) is 9.97 Å². The summed E-state index contributed by atoms with van der Waals surface area (Å²) >= 11 is 0. The van der Waals surface area contributed by atoms with Crippen molar-refractivity contribution in [2.45, 2.75) is 63.7 Å². The van der Waals surface area contributed by atoms with Crippen LogP contribution in [0.25, 0.3) is 11.0 Å². The van der Waals surface area contributed by atoms with E-state index in [-0.39, 0.29) is 17.5 Å². The number of anilines is 1. The molecule has 1 aliphatic heterocycles. The van der Waals surface area contributed by atoms with Crippen molar-refractivity contribution in [3.05, 3.63) is 78.8 Å². The van der Waals surface area contributed by atoms with Crippen LogP contribution >= 0.6 is 0 Å². The molecule has 2 aromatic carbocycles. The summed E-state index contributed by atoms with van der Waals surface area (Å²) in [4.78, 5) is 20.7. The van der Waals surface area contributed by atoms with Crippen LogP contribution in [0, 0.1) is 12.3 Å². The SMILES string of the molecule is C#Cc1cn(C2OC(CO[Si](c3ccccc3)(c3ccccc3)C(C)(C)C)C(OC(C)=O)C2(C)O)c2ncnc(N)c12. The first-order chi connectivity index (χ1) is 19.9. The topological polar surface area (TPSA) is 122 Å². The quantitative estimate of drug-likeness (QED) is 0.193. The molecule has 3 N–H and O–H groups in total. The number of terminal acetylenes is 1. The number of hydrogen-bond acceptors (Lipinski definition) is 8. The summed E-state index contributed by atoms with van der Waals surface area (Å²) in [6, 6.07) is 20.4. The van der Waals surface area contributed by atoms with Crippen molar-refractivity contribution in [1.82, 2.24) is 14.5 Å². The fourth-order valence-electron chi connectivity index (χ4n) is 6.10. The number of esters is 1. The molecule has 42 heavy (non-hydrogen) atoms. The zero-order valence-corrected chi connectivity index (χ0v) is 25.4. The molecule has 4 atom stereocenters. The van der Waals surface area contributed by atoms with Gasteiger partial charge in [-0.2, -0.15) is 0 Å². The van der Waals surface area contributed by atoms with Gasteiger partial charge in [0.2, 0.25) is 0 Å². The van der Waals surface area contributed by atoms with E-state index in [2.05, 4.69) is 60.9 Å². The zero-order valence-electron chi connectivity index (χ0n) is 24.4. The number of aliphatic hydroxyl groups is 1. The Morgan fingerprint density at radius 3 is 2.26 bits per heavy atom. The second-order valence-corrected chi connectivity index (χ2v) is 16.1. The van der Waals surface area contributed by atoms with Crippen LogP contribution in [0.4, 0.5) is 5.82 Å². The van der Waals surface area contributed by atoms with E-state index in [9.17, 15) is 9.90 Å². The third-order valence-electron chi connectivity index (χ3n) is 7.94. The minimum atomic E-state index is -2.96. The van der Waals surface area contributed by atoms with Gasteiger partial charge in [-0.15, -0.1) is 6.42 Å². The smallest absolute Gasteiger partial charge is 0.303 e. The van der Waals surface area contributed by atoms with Crippen LogP contribution in [0.2, 0.25) is 5.04 Å². The van der Waals surface area contributed by atoms with E-state index in [1.54, 1.807) is 17.7 Å². The van der Waals surface area contributed by atoms with Gasteiger partial charge in [-0.1, -0.05) is 87.4 Å². The molecule has 0 aliphatic carbocycles. The summed E-state index contributed by atoms with van der Waals surface area (Å²) in [5.41, 5.74) is 5.31. The van der Waals surface area contributed by atoms with Crippen molar-refractivity contribution >= 4 is 41.5 Å². The van der Waals surface area contributed by atoms with E-state index < -0.39 is 38.3 Å². The third kappa shape index (κ3) is 4.88. The lowest BCUT2D eigenvalue weighted by Gasteiger charge is -2.43. The first kappa shape index (κ1) is 29.5. The van der Waals surface area contributed by atoms with Gasteiger partial charge in [-0.05, 0) is 22.3 Å². The molecule has 9 nitrogen and oxygen atoms in total. The van der Waals surface area contributed by atoms with Crippen LogP contribution in [0.5, 0.6) is 0 Å².